The Hall–Kier alpha value is -4.33. The second-order valence-corrected chi connectivity index (χ2v) is 13.6. The fourth-order valence-corrected chi connectivity index (χ4v) is 7.31. The van der Waals surface area contributed by atoms with E-state index in [1.165, 1.54) is 18.3 Å². The summed E-state index contributed by atoms with van der Waals surface area (Å²) in [6.45, 7) is 3.66. The minimum Gasteiger partial charge on any atom is -0.406 e. The molecule has 5 N–H and O–H groups in total. The molecule has 2 saturated carbocycles. The van der Waals surface area contributed by atoms with Crippen molar-refractivity contribution in [2.24, 2.45) is 17.8 Å². The van der Waals surface area contributed by atoms with Gasteiger partial charge in [0.1, 0.15) is 11.6 Å². The number of ether oxygens (including phenoxy) is 4. The Kier molecular flexibility index (Phi) is 13.0. The lowest BCUT2D eigenvalue weighted by atomic mass is 9.84. The van der Waals surface area contributed by atoms with E-state index < -0.39 is 36.3 Å². The van der Waals surface area contributed by atoms with Crippen LogP contribution in [0.3, 0.4) is 0 Å². The number of aliphatic hydroxyl groups is 3. The van der Waals surface area contributed by atoms with Crippen LogP contribution >= 0.6 is 0 Å². The minimum atomic E-state index is -4.83. The first-order valence-electron chi connectivity index (χ1n) is 18.0. The highest BCUT2D eigenvalue weighted by Crippen LogP contribution is 2.48. The van der Waals surface area contributed by atoms with E-state index in [0.717, 1.165) is 12.1 Å². The molecule has 0 spiro atoms. The lowest BCUT2D eigenvalue weighted by Gasteiger charge is -2.28. The Morgan fingerprint density at radius 1 is 0.926 bits per heavy atom. The van der Waals surface area contributed by atoms with E-state index >= 15 is 0 Å². The van der Waals surface area contributed by atoms with Crippen LogP contribution < -0.4 is 20.3 Å². The number of carbonyl (C=O) groups excluding carboxylic acids is 2. The summed E-state index contributed by atoms with van der Waals surface area (Å²) in [5.41, 5.74) is 1.74. The number of halogens is 3. The molecule has 6 rings (SSSR count). The molecule has 2 bridgehead atoms. The highest BCUT2D eigenvalue weighted by atomic mass is 19.4. The summed E-state index contributed by atoms with van der Waals surface area (Å²) in [6.07, 6.45) is -2.02. The summed E-state index contributed by atoms with van der Waals surface area (Å²) in [4.78, 5) is 32.2. The molecular weight excluding hydrogens is 717 g/mol. The number of pyridine rings is 1. The van der Waals surface area contributed by atoms with Crippen LogP contribution in [0.25, 0.3) is 11.3 Å². The summed E-state index contributed by atoms with van der Waals surface area (Å²) in [5, 5.41) is 40.1. The maximum Gasteiger partial charge on any atom is 0.573 e. The van der Waals surface area contributed by atoms with E-state index in [0.29, 0.717) is 102 Å². The van der Waals surface area contributed by atoms with Gasteiger partial charge in [-0.05, 0) is 67.5 Å². The number of nitrogens with zero attached hydrogens (tertiary/aromatic N) is 4. The minimum absolute atomic E-state index is 0.00822. The SMILES string of the molecule is O=C(Nc1ccc(OC(F)(F)F)cc1)c1cnc(N2CCC(O)C2)c(-c2ccnn2CCOCCOCCOCCNC(=O)C2CC3CC2C(O)C3O)c1. The fraction of sp³-hybridized carbons (Fsp3) is 0.556. The molecule has 294 valence electrons. The maximum absolute atomic E-state index is 13.2. The largest absolute Gasteiger partial charge is 0.573 e. The predicted octanol–water partition coefficient (Wildman–Crippen LogP) is 2.21. The third kappa shape index (κ3) is 10.0. The Labute approximate surface area is 309 Å². The molecule has 3 aliphatic rings. The zero-order valence-electron chi connectivity index (χ0n) is 29.5. The number of aliphatic hydroxyl groups excluding tert-OH is 3. The molecule has 15 nitrogen and oxygen atoms in total. The third-order valence-electron chi connectivity index (χ3n) is 9.92. The van der Waals surface area contributed by atoms with Crippen LogP contribution in [0.4, 0.5) is 24.7 Å². The number of β-amino-alcohol motifs (C(OH)–C–C–N with tert-alkyl or cyclic N) is 1. The van der Waals surface area contributed by atoms with E-state index in [4.69, 9.17) is 14.2 Å². The van der Waals surface area contributed by atoms with Crippen molar-refractivity contribution in [1.29, 1.82) is 0 Å². The highest BCUT2D eigenvalue weighted by Gasteiger charge is 2.53. The van der Waals surface area contributed by atoms with E-state index in [9.17, 15) is 38.1 Å². The van der Waals surface area contributed by atoms with Crippen molar-refractivity contribution in [3.8, 4) is 17.0 Å². The lowest BCUT2D eigenvalue weighted by Crippen LogP contribution is -2.43. The van der Waals surface area contributed by atoms with Crippen molar-refractivity contribution in [2.75, 3.05) is 69.5 Å². The Morgan fingerprint density at radius 3 is 2.31 bits per heavy atom. The van der Waals surface area contributed by atoms with E-state index in [1.54, 1.807) is 23.0 Å². The molecule has 6 unspecified atom stereocenters. The number of carbonyl (C=O) groups is 2. The number of fused-ring (bicyclic) bond motifs is 2. The molecule has 3 heterocycles. The number of aromatic nitrogens is 3. The summed E-state index contributed by atoms with van der Waals surface area (Å²) in [6, 6.07) is 8.25. The summed E-state index contributed by atoms with van der Waals surface area (Å²) < 4.78 is 60.1. The first-order chi connectivity index (χ1) is 26.0. The van der Waals surface area contributed by atoms with Gasteiger partial charge in [0.25, 0.3) is 5.91 Å². The molecule has 2 aromatic heterocycles. The number of benzene rings is 1. The average Bonchev–Trinajstić information content (AvgIpc) is 3.95. The number of rotatable bonds is 18. The standard InChI is InChI=1S/C36H45F3N6O9/c37-36(38,39)54-26-3-1-24(2-4-26)43-34(49)23-19-29(33(41-20-23)44-9-6-25(46)21-44)30-5-7-42-45(30)10-12-52-14-16-53-15-13-51-11-8-40-35(50)28-18-22-17-27(28)32(48)31(22)47/h1-5,7,19-20,22,25,27-28,31-32,46-48H,6,8-18,21H2,(H,40,50)(H,43,49). The zero-order valence-corrected chi connectivity index (χ0v) is 29.5. The van der Waals surface area contributed by atoms with Crippen molar-refractivity contribution in [3.63, 3.8) is 0 Å². The van der Waals surface area contributed by atoms with Gasteiger partial charge in [-0.25, -0.2) is 4.98 Å². The monoisotopic (exact) mass is 762 g/mol. The van der Waals surface area contributed by atoms with Gasteiger partial charge >= 0.3 is 6.36 Å². The van der Waals surface area contributed by atoms with Crippen LogP contribution in [0.5, 0.6) is 5.75 Å². The van der Waals surface area contributed by atoms with Gasteiger partial charge in [-0.3, -0.25) is 14.3 Å². The van der Waals surface area contributed by atoms with Crippen molar-refractivity contribution >= 4 is 23.3 Å². The first-order valence-corrected chi connectivity index (χ1v) is 18.0. The van der Waals surface area contributed by atoms with Gasteiger partial charge in [0.2, 0.25) is 5.91 Å². The second kappa shape index (κ2) is 17.9. The smallest absolute Gasteiger partial charge is 0.406 e. The molecule has 1 saturated heterocycles. The quantitative estimate of drug-likeness (QED) is 0.119. The molecule has 2 amide bonds. The van der Waals surface area contributed by atoms with Crippen LogP contribution in [-0.2, 0) is 25.5 Å². The fourth-order valence-electron chi connectivity index (χ4n) is 7.31. The van der Waals surface area contributed by atoms with Gasteiger partial charge in [0, 0.05) is 49.2 Å². The number of anilines is 2. The van der Waals surface area contributed by atoms with Gasteiger partial charge < -0.3 is 49.8 Å². The molecule has 1 aromatic carbocycles. The Balaban J connectivity index is 0.929. The summed E-state index contributed by atoms with van der Waals surface area (Å²) >= 11 is 0. The number of alkyl halides is 3. The van der Waals surface area contributed by atoms with Gasteiger partial charge in [-0.15, -0.1) is 13.2 Å². The van der Waals surface area contributed by atoms with Crippen molar-refractivity contribution < 1.29 is 57.0 Å². The summed E-state index contributed by atoms with van der Waals surface area (Å²) in [5.74, 6) is -0.939. The number of hydrogen-bond donors (Lipinski definition) is 5. The van der Waals surface area contributed by atoms with Gasteiger partial charge in [-0.1, -0.05) is 0 Å². The average molecular weight is 763 g/mol. The van der Waals surface area contributed by atoms with E-state index in [1.807, 2.05) is 4.90 Å². The van der Waals surface area contributed by atoms with Crippen LogP contribution in [0, 0.1) is 17.8 Å². The molecule has 0 radical (unpaired) electrons. The lowest BCUT2D eigenvalue weighted by molar-refractivity contribution is -0.274. The molecule has 1 aliphatic heterocycles. The zero-order chi connectivity index (χ0) is 38.2. The highest BCUT2D eigenvalue weighted by molar-refractivity contribution is 6.05. The molecule has 18 heteroatoms. The Morgan fingerprint density at radius 2 is 1.65 bits per heavy atom. The molecule has 54 heavy (non-hydrogen) atoms. The Bertz CT molecular complexity index is 1710. The molecule has 2 aliphatic carbocycles. The van der Waals surface area contributed by atoms with Gasteiger partial charge in [0.15, 0.2) is 0 Å². The predicted molar refractivity (Wildman–Crippen MR) is 187 cm³/mol. The topological polar surface area (TPSA) is 190 Å². The molecule has 3 aromatic rings. The molecule has 6 atom stereocenters. The molecule has 3 fully saturated rings. The normalized spacial score (nSPS) is 23.6. The molecular formula is C36H45F3N6O9. The number of hydrogen-bond acceptors (Lipinski definition) is 12. The van der Waals surface area contributed by atoms with E-state index in [2.05, 4.69) is 25.5 Å². The number of nitrogens with one attached hydrogen (secondary N) is 2. The summed E-state index contributed by atoms with van der Waals surface area (Å²) in [7, 11) is 0. The van der Waals surface area contributed by atoms with Crippen LogP contribution in [-0.4, -0.2) is 126 Å². The third-order valence-corrected chi connectivity index (χ3v) is 9.92. The van der Waals surface area contributed by atoms with Crippen molar-refractivity contribution in [2.45, 2.75) is 50.5 Å². The second-order valence-electron chi connectivity index (χ2n) is 13.6. The maximum atomic E-state index is 13.2. The van der Waals surface area contributed by atoms with Gasteiger partial charge in [-0.2, -0.15) is 5.10 Å². The van der Waals surface area contributed by atoms with Crippen molar-refractivity contribution in [3.05, 3.63) is 54.4 Å². The van der Waals surface area contributed by atoms with E-state index in [-0.39, 0.29) is 34.9 Å². The first kappa shape index (κ1) is 39.4. The van der Waals surface area contributed by atoms with Crippen LogP contribution in [0.1, 0.15) is 29.6 Å². The van der Waals surface area contributed by atoms with Crippen LogP contribution in [0.15, 0.2) is 48.8 Å². The van der Waals surface area contributed by atoms with Crippen molar-refractivity contribution in [1.82, 2.24) is 20.1 Å². The number of amides is 2. The van der Waals surface area contributed by atoms with Crippen LogP contribution in [0.2, 0.25) is 0 Å². The van der Waals surface area contributed by atoms with Gasteiger partial charge in [0.05, 0.1) is 75.8 Å².